The molecule has 0 rings (SSSR count). The molecule has 2 unspecified atom stereocenters. The average molecular weight is 1240 g/mol. The van der Waals surface area contributed by atoms with Gasteiger partial charge < -0.3 is 33.8 Å². The molecule has 0 fully saturated rings. The zero-order valence-electron chi connectivity index (χ0n) is 54.4. The second-order valence-corrected chi connectivity index (χ2v) is 27.8. The third-order valence-corrected chi connectivity index (χ3v) is 16.8. The maximum Gasteiger partial charge on any atom is 0.472 e. The number of esters is 4. The van der Waals surface area contributed by atoms with Crippen LogP contribution < -0.4 is 0 Å². The Morgan fingerprint density at radius 1 is 0.321 bits per heavy atom. The third-order valence-electron chi connectivity index (χ3n) is 14.9. The number of hydrogen-bond donors (Lipinski definition) is 3. The van der Waals surface area contributed by atoms with Gasteiger partial charge in [0, 0.05) is 25.7 Å². The molecule has 84 heavy (non-hydrogen) atoms. The van der Waals surface area contributed by atoms with Crippen LogP contribution in [0.5, 0.6) is 0 Å². The lowest BCUT2D eigenvalue weighted by atomic mass is 10.0. The fourth-order valence-electron chi connectivity index (χ4n) is 9.66. The Labute approximate surface area is 511 Å². The number of hydrogen-bond acceptors (Lipinski definition) is 15. The molecule has 5 atom stereocenters. The van der Waals surface area contributed by atoms with Crippen molar-refractivity contribution in [1.29, 1.82) is 0 Å². The molecular weight excluding hydrogens is 1110 g/mol. The highest BCUT2D eigenvalue weighted by atomic mass is 31.2. The summed E-state index contributed by atoms with van der Waals surface area (Å²) < 4.78 is 68.0. The molecule has 0 aromatic rings. The number of aliphatic hydroxyl groups is 1. The van der Waals surface area contributed by atoms with Crippen molar-refractivity contribution in [3.63, 3.8) is 0 Å². The van der Waals surface area contributed by atoms with Gasteiger partial charge in [-0.25, -0.2) is 9.13 Å². The topological polar surface area (TPSA) is 237 Å². The summed E-state index contributed by atoms with van der Waals surface area (Å²) >= 11 is 0. The lowest BCUT2D eigenvalue weighted by molar-refractivity contribution is -0.161. The number of ether oxygens (including phenoxy) is 4. The second-order valence-electron chi connectivity index (χ2n) is 24.9. The van der Waals surface area contributed by atoms with E-state index in [4.69, 9.17) is 37.0 Å². The molecule has 0 aliphatic rings. The Kier molecular flexibility index (Phi) is 55.0. The lowest BCUT2D eigenvalue weighted by Crippen LogP contribution is -2.30. The zero-order valence-corrected chi connectivity index (χ0v) is 56.1. The van der Waals surface area contributed by atoms with Crippen molar-refractivity contribution in [1.82, 2.24) is 0 Å². The van der Waals surface area contributed by atoms with E-state index in [0.717, 1.165) is 102 Å². The fourth-order valence-corrected chi connectivity index (χ4v) is 11.2. The van der Waals surface area contributed by atoms with E-state index in [1.54, 1.807) is 0 Å². The van der Waals surface area contributed by atoms with E-state index in [0.29, 0.717) is 37.5 Å². The number of phosphoric acid groups is 2. The molecule has 0 aliphatic carbocycles. The van der Waals surface area contributed by atoms with E-state index in [2.05, 4.69) is 48.5 Å². The summed E-state index contributed by atoms with van der Waals surface area (Å²) in [6, 6.07) is 0. The van der Waals surface area contributed by atoms with Gasteiger partial charge in [-0.1, -0.05) is 267 Å². The molecule has 3 N–H and O–H groups in total. The fraction of sp³-hybridized carbons (Fsp3) is 0.938. The predicted octanol–water partition coefficient (Wildman–Crippen LogP) is 17.9. The zero-order chi connectivity index (χ0) is 62.4. The molecule has 0 bridgehead atoms. The van der Waals surface area contributed by atoms with Gasteiger partial charge >= 0.3 is 39.5 Å². The van der Waals surface area contributed by atoms with Crippen LogP contribution in [-0.2, 0) is 65.4 Å². The minimum Gasteiger partial charge on any atom is -0.462 e. The number of unbranched alkanes of at least 4 members (excludes halogenated alkanes) is 31. The van der Waals surface area contributed by atoms with Gasteiger partial charge in [0.15, 0.2) is 12.2 Å². The van der Waals surface area contributed by atoms with Crippen LogP contribution in [0.3, 0.4) is 0 Å². The van der Waals surface area contributed by atoms with Gasteiger partial charge in [0.25, 0.3) is 0 Å². The van der Waals surface area contributed by atoms with Crippen LogP contribution in [-0.4, -0.2) is 96.7 Å². The SMILES string of the molecule is CCCCCCCCCCCCCCC(=O)OC[C@H](COP(=O)(O)OC[C@@H](O)COP(=O)(O)OC[C@@H](COC(=O)CCCCCCCCCC(C)C)OC(=O)CCCCCCCCCC(C)C)OC(=O)CCCCCCCCCCCC(C)C. The molecule has 498 valence electrons. The molecule has 0 aromatic carbocycles. The van der Waals surface area contributed by atoms with E-state index in [9.17, 15) is 43.2 Å². The first-order valence-corrected chi connectivity index (χ1v) is 36.8. The van der Waals surface area contributed by atoms with Crippen molar-refractivity contribution in [2.45, 2.75) is 336 Å². The molecule has 17 nitrogen and oxygen atoms in total. The maximum absolute atomic E-state index is 13.0. The molecule has 0 heterocycles. The van der Waals surface area contributed by atoms with Gasteiger partial charge in [-0.2, -0.15) is 0 Å². The largest absolute Gasteiger partial charge is 0.472 e. The minimum absolute atomic E-state index is 0.102. The second kappa shape index (κ2) is 56.3. The number of aliphatic hydroxyl groups excluding tert-OH is 1. The number of carbonyl (C=O) groups excluding carboxylic acids is 4. The van der Waals surface area contributed by atoms with Gasteiger partial charge in [0.1, 0.15) is 19.3 Å². The number of rotatable bonds is 63. The quantitative estimate of drug-likeness (QED) is 0.0222. The average Bonchev–Trinajstić information content (AvgIpc) is 3.46. The number of carbonyl (C=O) groups is 4. The predicted molar refractivity (Wildman–Crippen MR) is 335 cm³/mol. The highest BCUT2D eigenvalue weighted by molar-refractivity contribution is 7.47. The molecule has 0 aliphatic heterocycles. The first kappa shape index (κ1) is 82.1. The Hall–Kier alpha value is -1.94. The highest BCUT2D eigenvalue weighted by Crippen LogP contribution is 2.45. The molecule has 0 saturated carbocycles. The Bertz CT molecular complexity index is 1660. The number of phosphoric ester groups is 2. The van der Waals surface area contributed by atoms with Crippen molar-refractivity contribution in [2.75, 3.05) is 39.6 Å². The van der Waals surface area contributed by atoms with Crippen LogP contribution in [0.25, 0.3) is 0 Å². The molecular formula is C65H126O17P2. The van der Waals surface area contributed by atoms with Crippen LogP contribution in [0.1, 0.15) is 318 Å². The van der Waals surface area contributed by atoms with Gasteiger partial charge in [-0.15, -0.1) is 0 Å². The van der Waals surface area contributed by atoms with Gasteiger partial charge in [0.05, 0.1) is 26.4 Å². The molecule has 0 aromatic heterocycles. The van der Waals surface area contributed by atoms with Crippen LogP contribution in [0, 0.1) is 17.8 Å². The van der Waals surface area contributed by atoms with E-state index >= 15 is 0 Å². The molecule has 0 spiro atoms. The first-order chi connectivity index (χ1) is 40.2. The smallest absolute Gasteiger partial charge is 0.462 e. The Balaban J connectivity index is 5.25. The van der Waals surface area contributed by atoms with Crippen LogP contribution in [0.2, 0.25) is 0 Å². The Morgan fingerprint density at radius 2 is 0.548 bits per heavy atom. The van der Waals surface area contributed by atoms with Gasteiger partial charge in [-0.3, -0.25) is 37.3 Å². The van der Waals surface area contributed by atoms with Crippen LogP contribution in [0.4, 0.5) is 0 Å². The van der Waals surface area contributed by atoms with Gasteiger partial charge in [0.2, 0.25) is 0 Å². The van der Waals surface area contributed by atoms with Crippen LogP contribution >= 0.6 is 15.6 Å². The van der Waals surface area contributed by atoms with Crippen molar-refractivity contribution in [3.05, 3.63) is 0 Å². The molecule has 19 heteroatoms. The summed E-state index contributed by atoms with van der Waals surface area (Å²) in [7, 11) is -9.89. The van der Waals surface area contributed by atoms with E-state index in [1.165, 1.54) is 122 Å². The normalized spacial score (nSPS) is 14.3. The monoisotopic (exact) mass is 1240 g/mol. The standard InChI is InChI=1S/C65H126O17P2/c1-8-9-10-11-12-13-14-15-18-25-32-39-46-62(67)75-52-60(81-64(69)48-41-34-26-19-16-17-22-29-36-43-56(2)3)54-79-83(71,72)77-50-59(66)51-78-84(73,74)80-55-61(82-65(70)49-42-35-28-21-24-31-38-45-58(6)7)53-76-63(68)47-40-33-27-20-23-30-37-44-57(4)5/h56-61,66H,8-55H2,1-7H3,(H,71,72)(H,73,74)/t59-,60-,61-/m1/s1. The van der Waals surface area contributed by atoms with E-state index in [1.807, 2.05) is 0 Å². The Morgan fingerprint density at radius 3 is 0.810 bits per heavy atom. The molecule has 0 radical (unpaired) electrons. The first-order valence-electron chi connectivity index (χ1n) is 33.8. The molecule has 0 saturated heterocycles. The van der Waals surface area contributed by atoms with Gasteiger partial charge in [-0.05, 0) is 43.4 Å². The van der Waals surface area contributed by atoms with Crippen molar-refractivity contribution in [2.24, 2.45) is 17.8 Å². The van der Waals surface area contributed by atoms with Crippen molar-refractivity contribution in [3.8, 4) is 0 Å². The lowest BCUT2D eigenvalue weighted by Gasteiger charge is -2.21. The summed E-state index contributed by atoms with van der Waals surface area (Å²) in [5, 5.41) is 10.5. The van der Waals surface area contributed by atoms with Crippen molar-refractivity contribution < 1.29 is 80.2 Å². The summed E-state index contributed by atoms with van der Waals surface area (Å²) in [6.07, 6.45) is 37.7. The van der Waals surface area contributed by atoms with E-state index < -0.39 is 97.5 Å². The highest BCUT2D eigenvalue weighted by Gasteiger charge is 2.30. The molecule has 0 amide bonds. The minimum atomic E-state index is -4.95. The summed E-state index contributed by atoms with van der Waals surface area (Å²) in [5.74, 6) is 0.000861. The maximum atomic E-state index is 13.0. The summed E-state index contributed by atoms with van der Waals surface area (Å²) in [4.78, 5) is 72.2. The third kappa shape index (κ3) is 59.0. The van der Waals surface area contributed by atoms with Crippen LogP contribution in [0.15, 0.2) is 0 Å². The van der Waals surface area contributed by atoms with Crippen molar-refractivity contribution >= 4 is 39.5 Å². The summed E-state index contributed by atoms with van der Waals surface area (Å²) in [5.41, 5.74) is 0. The van der Waals surface area contributed by atoms with E-state index in [-0.39, 0.29) is 25.7 Å². The summed E-state index contributed by atoms with van der Waals surface area (Å²) in [6.45, 7) is 11.7.